The van der Waals surface area contributed by atoms with Crippen LogP contribution in [0.5, 0.6) is 0 Å². The van der Waals surface area contributed by atoms with Crippen molar-refractivity contribution in [1.82, 2.24) is 15.1 Å². The van der Waals surface area contributed by atoms with Crippen LogP contribution in [0.15, 0.2) is 34.9 Å². The number of nitrogens with zero attached hydrogens (tertiary/aromatic N) is 2. The Kier molecular flexibility index (Phi) is 5.38. The zero-order valence-electron chi connectivity index (χ0n) is 12.4. The van der Waals surface area contributed by atoms with Gasteiger partial charge in [-0.25, -0.2) is 4.68 Å². The van der Waals surface area contributed by atoms with Crippen LogP contribution < -0.4 is 5.32 Å². The maximum atomic E-state index is 4.61. The van der Waals surface area contributed by atoms with E-state index in [-0.39, 0.29) is 0 Å². The van der Waals surface area contributed by atoms with E-state index >= 15 is 0 Å². The van der Waals surface area contributed by atoms with Gasteiger partial charge < -0.3 is 5.32 Å². The maximum Gasteiger partial charge on any atom is 0.0657 e. The summed E-state index contributed by atoms with van der Waals surface area (Å²) in [6.07, 6.45) is 3.17. The van der Waals surface area contributed by atoms with Gasteiger partial charge in [-0.1, -0.05) is 42.8 Å². The molecule has 0 atom stereocenters. The molecule has 0 aliphatic carbocycles. The molecule has 108 valence electrons. The fourth-order valence-corrected chi connectivity index (χ4v) is 2.52. The minimum atomic E-state index is 0.456. The maximum absolute atomic E-state index is 4.61. The monoisotopic (exact) mass is 335 g/mol. The molecule has 0 aliphatic rings. The lowest BCUT2D eigenvalue weighted by molar-refractivity contribution is 0.673. The number of aromatic nitrogens is 2. The first kappa shape index (κ1) is 15.3. The number of halogens is 1. The van der Waals surface area contributed by atoms with Crippen LogP contribution in [-0.4, -0.2) is 16.3 Å². The molecule has 4 heteroatoms. The molecule has 0 unspecified atom stereocenters. The van der Waals surface area contributed by atoms with Crippen LogP contribution >= 0.6 is 15.9 Å². The lowest BCUT2D eigenvalue weighted by Crippen LogP contribution is -2.14. The van der Waals surface area contributed by atoms with Gasteiger partial charge in [0.05, 0.1) is 11.4 Å². The van der Waals surface area contributed by atoms with Crippen LogP contribution in [0.2, 0.25) is 0 Å². The standard InChI is InChI=1S/C16H22BrN3/c1-4-8-18-11-13-5-6-14(10-15(13)17)20-9-7-16(19-20)12(2)3/h5-7,9-10,12,18H,4,8,11H2,1-3H3. The summed E-state index contributed by atoms with van der Waals surface area (Å²) in [6.45, 7) is 8.43. The van der Waals surface area contributed by atoms with Gasteiger partial charge in [0, 0.05) is 17.2 Å². The van der Waals surface area contributed by atoms with Gasteiger partial charge in [-0.15, -0.1) is 0 Å². The second kappa shape index (κ2) is 7.04. The highest BCUT2D eigenvalue weighted by molar-refractivity contribution is 9.10. The molecule has 2 aromatic rings. The SMILES string of the molecule is CCCNCc1ccc(-n2ccc(C(C)C)n2)cc1Br. The topological polar surface area (TPSA) is 29.9 Å². The van der Waals surface area contributed by atoms with Gasteiger partial charge in [-0.05, 0) is 42.6 Å². The summed E-state index contributed by atoms with van der Waals surface area (Å²) in [5.74, 6) is 0.456. The Bertz CT molecular complexity index is 561. The molecular weight excluding hydrogens is 314 g/mol. The van der Waals surface area contributed by atoms with Crippen molar-refractivity contribution in [2.45, 2.75) is 39.7 Å². The number of rotatable bonds is 6. The molecule has 0 saturated heterocycles. The normalized spacial score (nSPS) is 11.2. The quantitative estimate of drug-likeness (QED) is 0.799. The molecule has 2 rings (SSSR count). The van der Waals surface area contributed by atoms with E-state index in [2.05, 4.69) is 71.4 Å². The van der Waals surface area contributed by atoms with Crippen molar-refractivity contribution in [3.63, 3.8) is 0 Å². The Morgan fingerprint density at radius 2 is 2.10 bits per heavy atom. The summed E-state index contributed by atoms with van der Waals surface area (Å²) in [5, 5.41) is 8.02. The molecule has 20 heavy (non-hydrogen) atoms. The third-order valence-corrected chi connectivity index (χ3v) is 3.98. The van der Waals surface area contributed by atoms with Crippen LogP contribution in [0.3, 0.4) is 0 Å². The average molecular weight is 336 g/mol. The van der Waals surface area contributed by atoms with Gasteiger partial charge in [-0.3, -0.25) is 0 Å². The molecule has 1 heterocycles. The molecule has 0 bridgehead atoms. The fraction of sp³-hybridized carbons (Fsp3) is 0.438. The Hall–Kier alpha value is -1.13. The number of hydrogen-bond acceptors (Lipinski definition) is 2. The second-order valence-corrected chi connectivity index (χ2v) is 6.15. The lowest BCUT2D eigenvalue weighted by atomic mass is 10.1. The lowest BCUT2D eigenvalue weighted by Gasteiger charge is -2.09. The second-order valence-electron chi connectivity index (χ2n) is 5.29. The van der Waals surface area contributed by atoms with Crippen LogP contribution in [0, 0.1) is 0 Å². The van der Waals surface area contributed by atoms with Crippen molar-refractivity contribution in [3.8, 4) is 5.69 Å². The van der Waals surface area contributed by atoms with Crippen molar-refractivity contribution < 1.29 is 0 Å². The number of hydrogen-bond donors (Lipinski definition) is 1. The van der Waals surface area contributed by atoms with E-state index in [0.29, 0.717) is 5.92 Å². The van der Waals surface area contributed by atoms with Crippen LogP contribution in [-0.2, 0) is 6.54 Å². The van der Waals surface area contributed by atoms with Crippen molar-refractivity contribution >= 4 is 15.9 Å². The first-order chi connectivity index (χ1) is 9.61. The number of nitrogens with one attached hydrogen (secondary N) is 1. The van der Waals surface area contributed by atoms with Gasteiger partial charge in [0.2, 0.25) is 0 Å². The van der Waals surface area contributed by atoms with Crippen LogP contribution in [0.1, 0.15) is 44.4 Å². The largest absolute Gasteiger partial charge is 0.313 e. The minimum absolute atomic E-state index is 0.456. The Labute approximate surface area is 129 Å². The highest BCUT2D eigenvalue weighted by Crippen LogP contribution is 2.21. The van der Waals surface area contributed by atoms with Gasteiger partial charge in [0.1, 0.15) is 0 Å². The summed E-state index contributed by atoms with van der Waals surface area (Å²) in [4.78, 5) is 0. The van der Waals surface area contributed by atoms with Gasteiger partial charge in [0.15, 0.2) is 0 Å². The molecule has 1 aromatic heterocycles. The molecule has 1 N–H and O–H groups in total. The van der Waals surface area contributed by atoms with E-state index in [1.165, 1.54) is 5.56 Å². The van der Waals surface area contributed by atoms with E-state index in [9.17, 15) is 0 Å². The predicted octanol–water partition coefficient (Wildman–Crippen LogP) is 4.26. The zero-order valence-corrected chi connectivity index (χ0v) is 13.9. The van der Waals surface area contributed by atoms with Crippen LogP contribution in [0.25, 0.3) is 5.69 Å². The smallest absolute Gasteiger partial charge is 0.0657 e. The third-order valence-electron chi connectivity index (χ3n) is 3.24. The highest BCUT2D eigenvalue weighted by Gasteiger charge is 2.07. The molecule has 1 aromatic carbocycles. The van der Waals surface area contributed by atoms with E-state index in [4.69, 9.17) is 0 Å². The predicted molar refractivity (Wildman–Crippen MR) is 87.4 cm³/mol. The zero-order chi connectivity index (χ0) is 14.5. The van der Waals surface area contributed by atoms with Gasteiger partial charge in [-0.2, -0.15) is 5.10 Å². The molecule has 0 aliphatic heterocycles. The van der Waals surface area contributed by atoms with Gasteiger partial charge >= 0.3 is 0 Å². The first-order valence-electron chi connectivity index (χ1n) is 7.17. The molecule has 0 fully saturated rings. The molecule has 0 amide bonds. The van der Waals surface area contributed by atoms with E-state index in [1.807, 2.05) is 10.9 Å². The van der Waals surface area contributed by atoms with Crippen molar-refractivity contribution in [2.75, 3.05) is 6.54 Å². The fourth-order valence-electron chi connectivity index (χ4n) is 2.01. The Morgan fingerprint density at radius 3 is 2.70 bits per heavy atom. The summed E-state index contributed by atoms with van der Waals surface area (Å²) in [5.41, 5.74) is 3.48. The number of benzene rings is 1. The van der Waals surface area contributed by atoms with Crippen molar-refractivity contribution in [2.24, 2.45) is 0 Å². The van der Waals surface area contributed by atoms with E-state index in [0.717, 1.165) is 35.4 Å². The van der Waals surface area contributed by atoms with Gasteiger partial charge in [0.25, 0.3) is 0 Å². The summed E-state index contributed by atoms with van der Waals surface area (Å²) < 4.78 is 3.06. The Balaban J connectivity index is 2.15. The Morgan fingerprint density at radius 1 is 1.30 bits per heavy atom. The van der Waals surface area contributed by atoms with E-state index in [1.54, 1.807) is 0 Å². The molecular formula is C16H22BrN3. The minimum Gasteiger partial charge on any atom is -0.313 e. The summed E-state index contributed by atoms with van der Waals surface area (Å²) >= 11 is 3.65. The molecule has 0 saturated carbocycles. The molecule has 0 spiro atoms. The molecule has 3 nitrogen and oxygen atoms in total. The van der Waals surface area contributed by atoms with Crippen molar-refractivity contribution in [1.29, 1.82) is 0 Å². The highest BCUT2D eigenvalue weighted by atomic mass is 79.9. The van der Waals surface area contributed by atoms with E-state index < -0.39 is 0 Å². The van der Waals surface area contributed by atoms with Crippen molar-refractivity contribution in [3.05, 3.63) is 46.2 Å². The summed E-state index contributed by atoms with van der Waals surface area (Å²) in [6, 6.07) is 8.47. The van der Waals surface area contributed by atoms with Crippen LogP contribution in [0.4, 0.5) is 0 Å². The third kappa shape index (κ3) is 3.70. The molecule has 0 radical (unpaired) electrons. The average Bonchev–Trinajstić information content (AvgIpc) is 2.90. The first-order valence-corrected chi connectivity index (χ1v) is 7.96. The summed E-state index contributed by atoms with van der Waals surface area (Å²) in [7, 11) is 0.